The zero-order valence-corrected chi connectivity index (χ0v) is 18.5. The number of rotatable bonds is 4. The third-order valence-corrected chi connectivity index (χ3v) is 7.40. The number of fused-ring (bicyclic) bond motifs is 1. The molecular formula is C21H19ClFN3O4S. The lowest BCUT2D eigenvalue weighted by molar-refractivity contribution is -0.128. The molecule has 1 aromatic heterocycles. The number of carbonyl (C=O) groups excluding carboxylic acids is 1. The van der Waals surface area contributed by atoms with E-state index >= 15 is 0 Å². The molecule has 1 amide bonds. The smallest absolute Gasteiger partial charge is 0.390 e. The minimum atomic E-state index is -1.94. The number of nitrogens with zero attached hydrogens (tertiary/aromatic N) is 2. The summed E-state index contributed by atoms with van der Waals surface area (Å²) in [5, 5.41) is 6.48. The molecule has 0 radical (unpaired) electrons. The van der Waals surface area contributed by atoms with E-state index in [4.69, 9.17) is 16.0 Å². The van der Waals surface area contributed by atoms with Crippen molar-refractivity contribution in [2.24, 2.45) is 0 Å². The lowest BCUT2D eigenvalue weighted by Crippen LogP contribution is -2.43. The van der Waals surface area contributed by atoms with Gasteiger partial charge in [0.15, 0.2) is 11.0 Å². The maximum atomic E-state index is 14.9. The van der Waals surface area contributed by atoms with Gasteiger partial charge in [-0.2, -0.15) is 0 Å². The van der Waals surface area contributed by atoms with E-state index in [-0.39, 0.29) is 12.3 Å². The van der Waals surface area contributed by atoms with Crippen LogP contribution in [0.25, 0.3) is 0 Å². The third kappa shape index (κ3) is 3.72. The van der Waals surface area contributed by atoms with Gasteiger partial charge in [-0.15, -0.1) is 5.10 Å². The van der Waals surface area contributed by atoms with Gasteiger partial charge in [0, 0.05) is 10.9 Å². The first-order chi connectivity index (χ1) is 14.7. The zero-order valence-electron chi connectivity index (χ0n) is 16.9. The second-order valence-corrected chi connectivity index (χ2v) is 9.25. The third-order valence-electron chi connectivity index (χ3n) is 5.60. The van der Waals surface area contributed by atoms with Gasteiger partial charge in [0.05, 0.1) is 11.3 Å². The van der Waals surface area contributed by atoms with Gasteiger partial charge in [-0.05, 0) is 60.4 Å². The molecule has 7 nitrogen and oxygen atoms in total. The summed E-state index contributed by atoms with van der Waals surface area (Å²) in [4.78, 5) is 25.2. The molecule has 31 heavy (non-hydrogen) atoms. The predicted octanol–water partition coefficient (Wildman–Crippen LogP) is 3.72. The molecule has 1 aliphatic rings. The lowest BCUT2D eigenvalue weighted by atomic mass is 9.87. The van der Waals surface area contributed by atoms with E-state index in [9.17, 15) is 18.2 Å². The van der Waals surface area contributed by atoms with Crippen molar-refractivity contribution in [2.45, 2.75) is 44.0 Å². The lowest BCUT2D eigenvalue weighted by Gasteiger charge is -2.36. The van der Waals surface area contributed by atoms with Gasteiger partial charge in [0.25, 0.3) is 0 Å². The minimum Gasteiger partial charge on any atom is -0.390 e. The van der Waals surface area contributed by atoms with Crippen molar-refractivity contribution in [3.05, 3.63) is 79.9 Å². The number of nitrogens with one attached hydrogen (secondary N) is 1. The fraction of sp³-hybridized carbons (Fsp3) is 0.286. The van der Waals surface area contributed by atoms with Crippen LogP contribution in [0.1, 0.15) is 47.0 Å². The highest BCUT2D eigenvalue weighted by Gasteiger charge is 2.42. The molecule has 3 unspecified atom stereocenters. The Balaban J connectivity index is 1.88. The highest BCUT2D eigenvalue weighted by atomic mass is 35.5. The highest BCUT2D eigenvalue weighted by Crippen LogP contribution is 2.41. The molecule has 1 N–H and O–H groups in total. The number of hydrogen-bond acceptors (Lipinski definition) is 5. The predicted molar refractivity (Wildman–Crippen MR) is 113 cm³/mol. The van der Waals surface area contributed by atoms with Crippen LogP contribution in [0.5, 0.6) is 0 Å². The van der Waals surface area contributed by atoms with Crippen LogP contribution in [0.3, 0.4) is 0 Å². The Bertz CT molecular complexity index is 1270. The molecule has 0 saturated heterocycles. The quantitative estimate of drug-likeness (QED) is 0.636. The Hall–Kier alpha value is -2.78. The van der Waals surface area contributed by atoms with Gasteiger partial charge in [0.2, 0.25) is 11.8 Å². The molecule has 0 spiro atoms. The first-order valence-corrected chi connectivity index (χ1v) is 11.0. The summed E-state index contributed by atoms with van der Waals surface area (Å²) in [7, 11) is -1.94. The molecule has 0 saturated carbocycles. The molecule has 0 bridgehead atoms. The first-order valence-electron chi connectivity index (χ1n) is 9.52. The Kier molecular flexibility index (Phi) is 5.57. The summed E-state index contributed by atoms with van der Waals surface area (Å²) in [5.41, 5.74) is 2.44. The Morgan fingerprint density at radius 2 is 2.00 bits per heavy atom. The summed E-state index contributed by atoms with van der Waals surface area (Å²) in [6.07, 6.45) is -0.0468. The topological polar surface area (TPSA) is 96.3 Å². The number of H-pyrrole nitrogens is 1. The maximum absolute atomic E-state index is 14.9. The van der Waals surface area contributed by atoms with Gasteiger partial charge >= 0.3 is 5.76 Å². The van der Waals surface area contributed by atoms with Crippen LogP contribution >= 0.6 is 11.6 Å². The summed E-state index contributed by atoms with van der Waals surface area (Å²) in [6.45, 7) is 5.30. The van der Waals surface area contributed by atoms with E-state index in [1.165, 1.54) is 6.07 Å². The number of hydrogen-bond donors (Lipinski definition) is 1. The SMILES string of the molecule is Cc1ccc(F)c(C(C)C(c2n[nH]c(=O)o2)N2C(=O)Cc3cc(Cl)ccc3S2=O)c1C. The summed E-state index contributed by atoms with van der Waals surface area (Å²) < 4.78 is 34.6. The number of aromatic amines is 1. The average Bonchev–Trinajstić information content (AvgIpc) is 3.13. The van der Waals surface area contributed by atoms with Crippen LogP contribution < -0.4 is 5.76 Å². The number of halogens is 2. The van der Waals surface area contributed by atoms with Crippen molar-refractivity contribution in [1.82, 2.24) is 14.5 Å². The van der Waals surface area contributed by atoms with Crippen molar-refractivity contribution in [3.8, 4) is 0 Å². The monoisotopic (exact) mass is 463 g/mol. The Morgan fingerprint density at radius 3 is 2.68 bits per heavy atom. The molecule has 2 heterocycles. The van der Waals surface area contributed by atoms with Crippen LogP contribution in [0.2, 0.25) is 5.02 Å². The molecule has 0 aliphatic carbocycles. The molecule has 1 aliphatic heterocycles. The van der Waals surface area contributed by atoms with Gasteiger partial charge < -0.3 is 4.42 Å². The number of carbonyl (C=O) groups is 1. The van der Waals surface area contributed by atoms with Crippen molar-refractivity contribution < 1.29 is 17.8 Å². The molecule has 2 aromatic carbocycles. The molecule has 0 fully saturated rings. The van der Waals surface area contributed by atoms with E-state index in [0.29, 0.717) is 26.6 Å². The van der Waals surface area contributed by atoms with E-state index in [2.05, 4.69) is 10.2 Å². The second kappa shape index (κ2) is 8.05. The zero-order chi connectivity index (χ0) is 22.4. The van der Waals surface area contributed by atoms with E-state index in [0.717, 1.165) is 9.87 Å². The molecule has 10 heteroatoms. The Labute approximate surface area is 184 Å². The molecule has 3 atom stereocenters. The average molecular weight is 464 g/mol. The van der Waals surface area contributed by atoms with Crippen LogP contribution in [0.4, 0.5) is 4.39 Å². The highest BCUT2D eigenvalue weighted by molar-refractivity contribution is 7.83. The minimum absolute atomic E-state index is 0.0468. The van der Waals surface area contributed by atoms with Crippen molar-refractivity contribution in [2.75, 3.05) is 0 Å². The van der Waals surface area contributed by atoms with Crippen LogP contribution in [-0.4, -0.2) is 24.6 Å². The fourth-order valence-corrected chi connectivity index (χ4v) is 5.64. The van der Waals surface area contributed by atoms with Gasteiger partial charge in [-0.3, -0.25) is 4.79 Å². The summed E-state index contributed by atoms with van der Waals surface area (Å²) in [6, 6.07) is 6.71. The van der Waals surface area contributed by atoms with Crippen molar-refractivity contribution >= 4 is 28.5 Å². The molecular weight excluding hydrogens is 445 g/mol. The second-order valence-electron chi connectivity index (χ2n) is 7.49. The number of amides is 1. The number of aryl methyl sites for hydroxylation is 1. The summed E-state index contributed by atoms with van der Waals surface area (Å²) in [5.74, 6) is -2.62. The maximum Gasteiger partial charge on any atom is 0.434 e. The number of benzene rings is 2. The number of aromatic nitrogens is 2. The fourth-order valence-electron chi connectivity index (χ4n) is 3.96. The molecule has 162 valence electrons. The van der Waals surface area contributed by atoms with Gasteiger partial charge in [-0.25, -0.2) is 22.8 Å². The van der Waals surface area contributed by atoms with E-state index in [1.807, 2.05) is 6.92 Å². The van der Waals surface area contributed by atoms with E-state index in [1.54, 1.807) is 38.1 Å². The molecule has 4 rings (SSSR count). The van der Waals surface area contributed by atoms with Gasteiger partial charge in [0.1, 0.15) is 11.9 Å². The van der Waals surface area contributed by atoms with Gasteiger partial charge in [-0.1, -0.05) is 24.6 Å². The normalized spacial score (nSPS) is 18.0. The Morgan fingerprint density at radius 1 is 1.26 bits per heavy atom. The van der Waals surface area contributed by atoms with Crippen molar-refractivity contribution in [1.29, 1.82) is 0 Å². The van der Waals surface area contributed by atoms with Crippen molar-refractivity contribution in [3.63, 3.8) is 0 Å². The molecule has 3 aromatic rings. The van der Waals surface area contributed by atoms with Crippen LogP contribution in [-0.2, 0) is 22.2 Å². The standard InChI is InChI=1S/C21H19ClFN3O4S/c1-10-4-6-15(23)18(11(10)2)12(3)19(20-24-25-21(28)30-20)26-17(27)9-13-8-14(22)5-7-16(13)31(26)29/h4-8,12,19H,9H2,1-3H3,(H,25,28). The van der Waals surface area contributed by atoms with Crippen LogP contribution in [0.15, 0.2) is 44.4 Å². The largest absolute Gasteiger partial charge is 0.434 e. The first kappa shape index (κ1) is 21.5. The van der Waals surface area contributed by atoms with E-state index < -0.39 is 40.4 Å². The summed E-state index contributed by atoms with van der Waals surface area (Å²) >= 11 is 6.02. The van der Waals surface area contributed by atoms with Crippen LogP contribution in [0, 0.1) is 19.7 Å².